The molecular formula is C20H21F9N2O3. The van der Waals surface area contributed by atoms with E-state index in [9.17, 15) is 44.3 Å². The number of hydrogen-bond acceptors (Lipinski definition) is 4. The molecule has 1 aromatic carbocycles. The maximum atomic E-state index is 13.4. The molecule has 0 aromatic heterocycles. The van der Waals surface area contributed by atoms with Gasteiger partial charge in [-0.05, 0) is 24.8 Å². The highest BCUT2D eigenvalue weighted by Crippen LogP contribution is 2.40. The molecule has 1 aliphatic heterocycles. The van der Waals surface area contributed by atoms with Gasteiger partial charge >= 0.3 is 24.6 Å². The monoisotopic (exact) mass is 508 g/mol. The zero-order valence-corrected chi connectivity index (χ0v) is 17.6. The minimum atomic E-state index is -5.82. The summed E-state index contributed by atoms with van der Waals surface area (Å²) in [5.74, 6) is -0.108. The first kappa shape index (κ1) is 26.2. The number of carbonyl (C=O) groups is 1. The SMILES string of the molecule is O=C(OC(C(F)(F)F)C(F)(F)F)N1CCN(Cc2cccc(C(F)(F)F)c2OCC2CC2)CC1. The Labute approximate surface area is 188 Å². The molecule has 2 fully saturated rings. The maximum absolute atomic E-state index is 13.4. The molecular weight excluding hydrogens is 487 g/mol. The zero-order valence-electron chi connectivity index (χ0n) is 17.6. The minimum absolute atomic E-state index is 0.00386. The standard InChI is InChI=1S/C20H21F9N2O3/c21-18(22,23)14-3-1-2-13(15(14)33-11-12-4-5-12)10-30-6-8-31(9-7-30)17(32)34-16(19(24,25)26)20(27,28)29/h1-3,12,16H,4-11H2. The van der Waals surface area contributed by atoms with Crippen LogP contribution in [0, 0.1) is 5.92 Å². The number of ether oxygens (including phenoxy) is 2. The molecule has 1 aromatic rings. The van der Waals surface area contributed by atoms with Gasteiger partial charge in [0.2, 0.25) is 0 Å². The maximum Gasteiger partial charge on any atom is 0.434 e. The second-order valence-electron chi connectivity index (χ2n) is 8.16. The first-order valence-electron chi connectivity index (χ1n) is 10.3. The Kier molecular flexibility index (Phi) is 7.48. The van der Waals surface area contributed by atoms with Gasteiger partial charge in [-0.25, -0.2) is 4.79 Å². The van der Waals surface area contributed by atoms with Crippen molar-refractivity contribution in [1.29, 1.82) is 0 Å². The molecule has 0 N–H and O–H groups in total. The van der Waals surface area contributed by atoms with Crippen LogP contribution in [0.4, 0.5) is 44.3 Å². The number of alkyl halides is 9. The van der Waals surface area contributed by atoms with E-state index in [1.54, 1.807) is 4.90 Å². The van der Waals surface area contributed by atoms with E-state index in [1.165, 1.54) is 12.1 Å². The molecule has 14 heteroatoms. The van der Waals surface area contributed by atoms with Crippen molar-refractivity contribution in [1.82, 2.24) is 9.80 Å². The van der Waals surface area contributed by atoms with Crippen molar-refractivity contribution >= 4 is 6.09 Å². The number of rotatable bonds is 6. The summed E-state index contributed by atoms with van der Waals surface area (Å²) in [6.45, 7) is -0.414. The number of amides is 1. The highest BCUT2D eigenvalue weighted by atomic mass is 19.4. The number of carbonyl (C=O) groups excluding carboxylic acids is 1. The molecule has 1 saturated carbocycles. The van der Waals surface area contributed by atoms with Crippen molar-refractivity contribution in [2.75, 3.05) is 32.8 Å². The third-order valence-corrected chi connectivity index (χ3v) is 5.40. The minimum Gasteiger partial charge on any atom is -0.492 e. The van der Waals surface area contributed by atoms with Crippen LogP contribution in [0.1, 0.15) is 24.0 Å². The van der Waals surface area contributed by atoms with E-state index in [0.29, 0.717) is 4.90 Å². The molecule has 0 atom stereocenters. The second-order valence-corrected chi connectivity index (χ2v) is 8.16. The Morgan fingerprint density at radius 3 is 2.03 bits per heavy atom. The van der Waals surface area contributed by atoms with Gasteiger partial charge in [-0.2, -0.15) is 39.5 Å². The summed E-state index contributed by atoms with van der Waals surface area (Å²) in [4.78, 5) is 14.2. The van der Waals surface area contributed by atoms with Crippen LogP contribution in [0.2, 0.25) is 0 Å². The summed E-state index contributed by atoms with van der Waals surface area (Å²) in [6.07, 6.45) is -20.6. The Morgan fingerprint density at radius 1 is 0.941 bits per heavy atom. The van der Waals surface area contributed by atoms with Crippen LogP contribution in [-0.2, 0) is 17.5 Å². The lowest BCUT2D eigenvalue weighted by Crippen LogP contribution is -2.52. The van der Waals surface area contributed by atoms with Crippen molar-refractivity contribution < 1.29 is 53.8 Å². The Hall–Kier alpha value is -2.38. The molecule has 34 heavy (non-hydrogen) atoms. The predicted octanol–water partition coefficient (Wildman–Crippen LogP) is 5.24. The third-order valence-electron chi connectivity index (χ3n) is 5.40. The Morgan fingerprint density at radius 2 is 1.53 bits per heavy atom. The van der Waals surface area contributed by atoms with E-state index in [-0.39, 0.29) is 56.6 Å². The van der Waals surface area contributed by atoms with Crippen molar-refractivity contribution in [3.05, 3.63) is 29.3 Å². The number of para-hydroxylation sites is 1. The van der Waals surface area contributed by atoms with Crippen molar-refractivity contribution in [2.24, 2.45) is 5.92 Å². The van der Waals surface area contributed by atoms with Crippen LogP contribution in [0.15, 0.2) is 18.2 Å². The van der Waals surface area contributed by atoms with Crippen LogP contribution in [0.3, 0.4) is 0 Å². The number of piperazine rings is 1. The average molecular weight is 508 g/mol. The molecule has 5 nitrogen and oxygen atoms in total. The molecule has 3 rings (SSSR count). The van der Waals surface area contributed by atoms with Gasteiger partial charge in [-0.1, -0.05) is 12.1 Å². The normalized spacial score (nSPS) is 18.4. The third kappa shape index (κ3) is 6.83. The van der Waals surface area contributed by atoms with E-state index in [2.05, 4.69) is 4.74 Å². The fourth-order valence-corrected chi connectivity index (χ4v) is 3.41. The summed E-state index contributed by atoms with van der Waals surface area (Å²) in [5.41, 5.74) is -0.695. The van der Waals surface area contributed by atoms with Crippen LogP contribution in [0.25, 0.3) is 0 Å². The number of halogens is 9. The molecule has 192 valence electrons. The smallest absolute Gasteiger partial charge is 0.434 e. The first-order chi connectivity index (χ1) is 15.7. The van der Waals surface area contributed by atoms with Gasteiger partial charge in [0.05, 0.1) is 12.2 Å². The van der Waals surface area contributed by atoms with E-state index in [1.807, 2.05) is 0 Å². The van der Waals surface area contributed by atoms with Crippen molar-refractivity contribution in [3.63, 3.8) is 0 Å². The van der Waals surface area contributed by atoms with Gasteiger partial charge in [0.15, 0.2) is 0 Å². The molecule has 0 radical (unpaired) electrons. The number of hydrogen-bond donors (Lipinski definition) is 0. The van der Waals surface area contributed by atoms with Gasteiger partial charge in [-0.3, -0.25) is 4.90 Å². The molecule has 0 bridgehead atoms. The van der Waals surface area contributed by atoms with Gasteiger partial charge in [0, 0.05) is 38.3 Å². The van der Waals surface area contributed by atoms with Gasteiger partial charge in [0.1, 0.15) is 5.75 Å². The number of nitrogens with zero attached hydrogens (tertiary/aromatic N) is 2. The first-order valence-corrected chi connectivity index (χ1v) is 10.3. The van der Waals surface area contributed by atoms with E-state index >= 15 is 0 Å². The average Bonchev–Trinajstić information content (AvgIpc) is 3.53. The van der Waals surface area contributed by atoms with Crippen molar-refractivity contribution in [3.8, 4) is 5.75 Å². The lowest BCUT2D eigenvalue weighted by molar-refractivity contribution is -0.308. The lowest BCUT2D eigenvalue weighted by atomic mass is 10.1. The number of benzene rings is 1. The summed E-state index contributed by atoms with van der Waals surface area (Å²) in [5, 5.41) is 0. The highest BCUT2D eigenvalue weighted by Gasteiger charge is 2.60. The summed E-state index contributed by atoms with van der Waals surface area (Å²) < 4.78 is 125. The fraction of sp³-hybridized carbons (Fsp3) is 0.650. The molecule has 1 heterocycles. The predicted molar refractivity (Wildman–Crippen MR) is 98.9 cm³/mol. The quantitative estimate of drug-likeness (QED) is 0.493. The fourth-order valence-electron chi connectivity index (χ4n) is 3.41. The topological polar surface area (TPSA) is 42.0 Å². The largest absolute Gasteiger partial charge is 0.492 e. The van der Waals surface area contributed by atoms with Gasteiger partial charge in [-0.15, -0.1) is 0 Å². The molecule has 1 amide bonds. The summed E-state index contributed by atoms with van der Waals surface area (Å²) >= 11 is 0. The second kappa shape index (κ2) is 9.70. The van der Waals surface area contributed by atoms with Gasteiger partial charge in [0.25, 0.3) is 6.10 Å². The zero-order chi connectivity index (χ0) is 25.3. The van der Waals surface area contributed by atoms with Crippen LogP contribution >= 0.6 is 0 Å². The molecule has 1 saturated heterocycles. The van der Waals surface area contributed by atoms with Crippen LogP contribution < -0.4 is 4.74 Å². The molecule has 0 unspecified atom stereocenters. The molecule has 0 spiro atoms. The lowest BCUT2D eigenvalue weighted by Gasteiger charge is -2.35. The van der Waals surface area contributed by atoms with Gasteiger partial charge < -0.3 is 14.4 Å². The molecule has 2 aliphatic rings. The van der Waals surface area contributed by atoms with Crippen LogP contribution in [0.5, 0.6) is 5.75 Å². The van der Waals surface area contributed by atoms with E-state index in [4.69, 9.17) is 4.74 Å². The summed E-state index contributed by atoms with van der Waals surface area (Å²) in [7, 11) is 0. The molecule has 1 aliphatic carbocycles. The van der Waals surface area contributed by atoms with Crippen molar-refractivity contribution in [2.45, 2.75) is 44.0 Å². The highest BCUT2D eigenvalue weighted by molar-refractivity contribution is 5.68. The summed E-state index contributed by atoms with van der Waals surface area (Å²) in [6, 6.07) is 3.58. The van der Waals surface area contributed by atoms with E-state index in [0.717, 1.165) is 18.9 Å². The van der Waals surface area contributed by atoms with E-state index < -0.39 is 36.3 Å². The Balaban J connectivity index is 1.63. The van der Waals surface area contributed by atoms with Crippen LogP contribution in [-0.4, -0.2) is 67.1 Å². The Bertz CT molecular complexity index is 844.